The molecule has 6 aliphatic rings. The fourth-order valence-electron chi connectivity index (χ4n) is 12.6. The Morgan fingerprint density at radius 3 is 1.09 bits per heavy atom. The number of anilines is 3. The first-order chi connectivity index (χ1) is 60.5. The first-order valence-corrected chi connectivity index (χ1v) is 37.0. The number of ether oxygens (including phenoxy) is 3. The third-order valence-corrected chi connectivity index (χ3v) is 20.9. The number of nitrogens with zero attached hydrogens (tertiary/aromatic N) is 15. The second kappa shape index (κ2) is 35.1. The zero-order chi connectivity index (χ0) is 95.8. The zero-order valence-electron chi connectivity index (χ0n) is 80.7. The molecule has 15 rings (SSSR count). The van der Waals surface area contributed by atoms with Gasteiger partial charge in [0.1, 0.15) is 54.1 Å². The number of aliphatic hydroxyl groups excluding tert-OH is 8. The number of hydrogen-bond donors (Lipinski definition) is 12. The number of aliphatic hydroxyl groups is 9. The summed E-state index contributed by atoms with van der Waals surface area (Å²) in [6.07, 6.45) is -11.3. The lowest BCUT2D eigenvalue weighted by molar-refractivity contribution is -0.0629. The maximum atomic E-state index is 14.7. The quantitative estimate of drug-likeness (QED) is 0.0168. The van der Waals surface area contributed by atoms with E-state index in [4.69, 9.17) is 49.5 Å². The number of aromatic nitrogens is 15. The third kappa shape index (κ3) is 17.5. The number of nitrogens with one attached hydrogen (secondary N) is 3. The number of halogens is 3. The van der Waals surface area contributed by atoms with E-state index in [-0.39, 0.29) is 207 Å². The predicted molar refractivity (Wildman–Crippen MR) is 398 cm³/mol. The van der Waals surface area contributed by atoms with Gasteiger partial charge in [0.25, 0.3) is 0 Å². The first kappa shape index (κ1) is 55.3. The van der Waals surface area contributed by atoms with Crippen LogP contribution in [0.5, 0.6) is 0 Å². The van der Waals surface area contributed by atoms with Crippen LogP contribution in [0, 0.1) is 38.2 Å². The van der Waals surface area contributed by atoms with Crippen molar-refractivity contribution in [3.63, 3.8) is 0 Å². The molecule has 6 heterocycles. The maximum Gasteiger partial charge on any atom is 0.191 e. The van der Waals surface area contributed by atoms with E-state index >= 15 is 0 Å². The minimum atomic E-state index is -2.66. The fourth-order valence-corrected chi connectivity index (χ4v) is 14.2. The summed E-state index contributed by atoms with van der Waals surface area (Å²) >= 11 is 2.12. The van der Waals surface area contributed by atoms with E-state index in [1.807, 2.05) is 0 Å². The van der Waals surface area contributed by atoms with Gasteiger partial charge in [-0.15, -0.1) is 15.3 Å². The van der Waals surface area contributed by atoms with Crippen LogP contribution in [0.3, 0.4) is 0 Å². The van der Waals surface area contributed by atoms with Crippen LogP contribution in [0.2, 0.25) is 0 Å². The Kier molecular flexibility index (Phi) is 17.9. The Labute approximate surface area is 664 Å². The summed E-state index contributed by atoms with van der Waals surface area (Å²) in [4.78, 5) is 26.4. The summed E-state index contributed by atoms with van der Waals surface area (Å²) in [6.45, 7) is 1.67. The molecule has 6 aliphatic carbocycles. The minimum absolute atomic E-state index is 0.00282. The van der Waals surface area contributed by atoms with Gasteiger partial charge >= 0.3 is 0 Å². The average molecular weight is 1580 g/mol. The SMILES string of the molecule is [2H]c1c([2H])c([C@@H]2C[C@@]2([2H])Nc2nc(SC([2H])([2H])CC)nc3c2nnn3[C@@H]2C[C@H](OC([2H])([2H])CO)[C@@H](O)[C@H]2O)c([2H])c(F)c1C.[2H]c1c([2H])c([C@@H]2C[C@@]2([2H])Nc2nc(SC([2H])([2H])CC)nc3c2nnn3[C@@H]2C[C@H](OCC([2H])([2H])O)[C@@H](O)[C@H]2O)c([2H])c(F)c1C.[2H]c1c([2H])c([C@@H]2C[C@@]2([2H])Nc2nc(SC([2H])([2H])CC)nc3c2nnn3[C@@H]2C[C@H](OCCO)[C@@H](O)[C@H]2O)c([2H])c(F)c1C. The molecule has 3 aromatic carbocycles. The van der Waals surface area contributed by atoms with Gasteiger partial charge < -0.3 is 76.1 Å². The number of fused-ring (bicyclic) bond motifs is 3. The van der Waals surface area contributed by atoms with Crippen LogP contribution < -0.4 is 16.0 Å². The van der Waals surface area contributed by atoms with Gasteiger partial charge in [0, 0.05) is 80.4 Å². The van der Waals surface area contributed by atoms with E-state index in [9.17, 15) is 54.0 Å². The second-order valence-corrected chi connectivity index (χ2v) is 28.4. The molecular formula is C72H93F3N18O12S3. The van der Waals surface area contributed by atoms with Crippen molar-refractivity contribution < 1.29 is 103 Å². The summed E-state index contributed by atoms with van der Waals surface area (Å²) in [7, 11) is 0. The van der Waals surface area contributed by atoms with Gasteiger partial charge in [0.05, 0.1) is 97.9 Å². The lowest BCUT2D eigenvalue weighted by atomic mass is 10.1. The van der Waals surface area contributed by atoms with Gasteiger partial charge in [0.2, 0.25) is 0 Å². The van der Waals surface area contributed by atoms with Crippen LogP contribution in [-0.2, 0) is 14.2 Å². The summed E-state index contributed by atoms with van der Waals surface area (Å²) in [6, 6.07) is -11.4. The van der Waals surface area contributed by atoms with Crippen molar-refractivity contribution in [3.05, 3.63) is 105 Å². The zero-order valence-corrected chi connectivity index (χ0v) is 61.1. The summed E-state index contributed by atoms with van der Waals surface area (Å²) in [5.74, 6) is -5.38. The van der Waals surface area contributed by atoms with Crippen molar-refractivity contribution in [1.29, 1.82) is 0 Å². The molecule has 0 bridgehead atoms. The molecule has 0 spiro atoms. The van der Waals surface area contributed by atoms with Gasteiger partial charge in [-0.2, -0.15) is 0 Å². The van der Waals surface area contributed by atoms with Crippen molar-refractivity contribution in [3.8, 4) is 0 Å². The van der Waals surface area contributed by atoms with Crippen molar-refractivity contribution in [2.45, 2.75) is 224 Å². The van der Waals surface area contributed by atoms with Gasteiger partial charge in [-0.05, 0) is 111 Å². The highest BCUT2D eigenvalue weighted by Gasteiger charge is 2.49. The van der Waals surface area contributed by atoms with Gasteiger partial charge in [-0.25, -0.2) is 57.1 Å². The molecule has 6 aromatic heterocycles. The van der Waals surface area contributed by atoms with E-state index in [1.165, 1.54) is 34.8 Å². The smallest absolute Gasteiger partial charge is 0.191 e. The van der Waals surface area contributed by atoms with Crippen LogP contribution in [0.25, 0.3) is 33.5 Å². The molecule has 36 heteroatoms. The van der Waals surface area contributed by atoms with Crippen molar-refractivity contribution in [1.82, 2.24) is 74.9 Å². The maximum absolute atomic E-state index is 14.7. The molecule has 0 amide bonds. The highest BCUT2D eigenvalue weighted by Crippen LogP contribution is 2.48. The Bertz CT molecular complexity index is 5720. The van der Waals surface area contributed by atoms with Crippen LogP contribution in [0.15, 0.2) is 69.9 Å². The lowest BCUT2D eigenvalue weighted by Gasteiger charge is -2.17. The third-order valence-electron chi connectivity index (χ3n) is 18.5. The summed E-state index contributed by atoms with van der Waals surface area (Å²) in [5.41, 5.74) is -5.73. The number of thioether (sulfide) groups is 3. The Balaban J connectivity index is 0.000000166. The first-order valence-electron chi connectivity index (χ1n) is 45.5. The molecule has 0 saturated heterocycles. The predicted octanol–water partition coefficient (Wildman–Crippen LogP) is 6.55. The van der Waals surface area contributed by atoms with E-state index in [2.05, 4.69) is 76.8 Å². The molecule has 6 saturated carbocycles. The molecule has 108 heavy (non-hydrogen) atoms. The topological polar surface area (TPSA) is 415 Å². The Morgan fingerprint density at radius 2 is 0.787 bits per heavy atom. The van der Waals surface area contributed by atoms with Crippen molar-refractivity contribution in [2.75, 3.05) is 72.6 Å². The molecule has 9 aromatic rings. The number of hydrogen-bond acceptors (Lipinski definition) is 30. The molecular weight excluding hydrogens is 1460 g/mol. The standard InChI is InChI=1S/3C24H31FN6O4S/c3*1-3-8-36-24-27-22(26-16-10-14(16)13-5-4-12(2)15(25)9-13)19-23(28-24)31(30-29-19)17-11-18(35-7-6-32)21(34)20(17)33/h3*4-5,9,14,16-18,20-21,32-34H,3,6-8,10-11H2,1-2H3,(H,26,27,28)/t3*14-,16+,17+,18-,20-,21+/m000/s1/i4D,5D,7D2,8D2,9D,16D;4D,5D,6D2,8D2,9D,16D;4D,5D,8D2,9D,16D. The Morgan fingerprint density at radius 1 is 0.463 bits per heavy atom. The highest BCUT2D eigenvalue weighted by atomic mass is 32.2. The number of benzene rings is 3. The Hall–Kier alpha value is -7.14. The van der Waals surface area contributed by atoms with Crippen molar-refractivity contribution in [2.24, 2.45) is 0 Å². The highest BCUT2D eigenvalue weighted by molar-refractivity contribution is 7.99. The second-order valence-electron chi connectivity index (χ2n) is 25.8. The van der Waals surface area contributed by atoms with Gasteiger partial charge in [-0.3, -0.25) is 0 Å². The van der Waals surface area contributed by atoms with Gasteiger partial charge in [-0.1, -0.05) is 108 Å². The van der Waals surface area contributed by atoms with Gasteiger partial charge in [0.15, 0.2) is 66.4 Å². The van der Waals surface area contributed by atoms with Crippen LogP contribution in [0.4, 0.5) is 30.6 Å². The van der Waals surface area contributed by atoms with Crippen LogP contribution in [0.1, 0.15) is 178 Å². The summed E-state index contributed by atoms with van der Waals surface area (Å²) in [5, 5.41) is 125. The monoisotopic (exact) mass is 1580 g/mol. The molecule has 0 radical (unpaired) electrons. The molecule has 582 valence electrons. The van der Waals surface area contributed by atoms with Crippen LogP contribution in [-0.4, -0.2) is 250 Å². The largest absolute Gasteiger partial charge is 0.394 e. The molecule has 18 atom stereocenters. The van der Waals surface area contributed by atoms with E-state index in [1.54, 1.807) is 20.8 Å². The lowest BCUT2D eigenvalue weighted by Crippen LogP contribution is -2.33. The summed E-state index contributed by atoms with van der Waals surface area (Å²) < 4.78 is 244. The molecule has 12 N–H and O–H groups in total. The molecule has 6 fully saturated rings. The molecule has 30 nitrogen and oxygen atoms in total. The average Bonchev–Trinajstić information content (AvgIpc) is 1.57. The molecule has 0 aliphatic heterocycles. The van der Waals surface area contributed by atoms with E-state index in [0.29, 0.717) is 23.5 Å². The van der Waals surface area contributed by atoms with E-state index < -0.39 is 188 Å². The van der Waals surface area contributed by atoms with E-state index in [0.717, 1.165) is 11.8 Å². The fraction of sp³-hybridized carbons (Fsp3) is 0.583. The van der Waals surface area contributed by atoms with Crippen LogP contribution >= 0.6 is 35.3 Å². The minimum Gasteiger partial charge on any atom is -0.394 e. The van der Waals surface area contributed by atoms with Crippen molar-refractivity contribution >= 4 is 86.2 Å². The number of rotatable bonds is 30. The normalized spacial score (nSPS) is 33.3. The molecule has 0 unspecified atom stereocenters.